The molecule has 0 bridgehead atoms. The monoisotopic (exact) mass is 473 g/mol. The van der Waals surface area contributed by atoms with Crippen LogP contribution in [-0.2, 0) is 10.0 Å². The van der Waals surface area contributed by atoms with Crippen LogP contribution >= 0.6 is 0 Å². The van der Waals surface area contributed by atoms with E-state index in [1.165, 1.54) is 6.07 Å². The molecule has 1 fully saturated rings. The third-order valence-corrected chi connectivity index (χ3v) is 8.16. The summed E-state index contributed by atoms with van der Waals surface area (Å²) in [4.78, 5) is 17.1. The minimum Gasteiger partial charge on any atom is -0.508 e. The zero-order valence-corrected chi connectivity index (χ0v) is 19.1. The number of phenols is 1. The summed E-state index contributed by atoms with van der Waals surface area (Å²) in [6.45, 7) is 5.25. The van der Waals surface area contributed by atoms with Gasteiger partial charge in [-0.3, -0.25) is 9.69 Å². The van der Waals surface area contributed by atoms with Gasteiger partial charge in [-0.25, -0.2) is 12.7 Å². The minimum atomic E-state index is -3.73. The van der Waals surface area contributed by atoms with Crippen molar-refractivity contribution in [2.45, 2.75) is 17.7 Å². The fourth-order valence-corrected chi connectivity index (χ4v) is 6.22. The Morgan fingerprint density at radius 3 is 2.45 bits per heavy atom. The largest absolute Gasteiger partial charge is 0.508 e. The zero-order chi connectivity index (χ0) is 23.0. The molecule has 2 aromatic carbocycles. The lowest BCUT2D eigenvalue weighted by Crippen LogP contribution is -2.47. The Hall–Kier alpha value is -2.98. The number of anilines is 1. The van der Waals surface area contributed by atoms with E-state index in [1.807, 2.05) is 0 Å². The highest BCUT2D eigenvalue weighted by molar-refractivity contribution is 7.90. The first-order chi connectivity index (χ1) is 15.9. The molecule has 0 radical (unpaired) electrons. The van der Waals surface area contributed by atoms with Crippen LogP contribution in [0, 0.1) is 0 Å². The number of nitrogens with zero attached hydrogens (tertiary/aromatic N) is 3. The molecule has 0 saturated carbocycles. The number of sulfonamides is 1. The number of carbonyl (C=O) groups is 1. The Balaban J connectivity index is 1.12. The number of piperazine rings is 1. The molecule has 0 atom stereocenters. The molecule has 1 amide bonds. The second kappa shape index (κ2) is 8.75. The van der Waals surface area contributed by atoms with Gasteiger partial charge in [0.25, 0.3) is 15.9 Å². The molecule has 2 aromatic rings. The molecule has 1 saturated heterocycles. The topological polar surface area (TPSA) is 99.6 Å². The number of hydrogen-bond acceptors (Lipinski definition) is 8. The molecule has 176 valence electrons. The molecule has 33 heavy (non-hydrogen) atoms. The molecule has 5 rings (SSSR count). The molecule has 0 aliphatic carbocycles. The lowest BCUT2D eigenvalue weighted by molar-refractivity contribution is 0.0868. The van der Waals surface area contributed by atoms with E-state index < -0.39 is 15.9 Å². The van der Waals surface area contributed by atoms with Gasteiger partial charge in [-0.1, -0.05) is 12.1 Å². The van der Waals surface area contributed by atoms with Crippen molar-refractivity contribution in [3.63, 3.8) is 0 Å². The van der Waals surface area contributed by atoms with E-state index >= 15 is 0 Å². The maximum absolute atomic E-state index is 12.6. The van der Waals surface area contributed by atoms with Crippen molar-refractivity contribution >= 4 is 21.6 Å². The molecule has 0 unspecified atom stereocenters. The highest BCUT2D eigenvalue weighted by atomic mass is 32.2. The first-order valence-corrected chi connectivity index (χ1v) is 12.7. The lowest BCUT2D eigenvalue weighted by Gasteiger charge is -2.37. The van der Waals surface area contributed by atoms with Crippen LogP contribution in [0.4, 0.5) is 5.69 Å². The Bertz CT molecular complexity index is 1160. The zero-order valence-electron chi connectivity index (χ0n) is 18.3. The average Bonchev–Trinajstić information content (AvgIpc) is 3.02. The van der Waals surface area contributed by atoms with Gasteiger partial charge in [0, 0.05) is 44.9 Å². The Labute approximate surface area is 193 Å². The van der Waals surface area contributed by atoms with Gasteiger partial charge in [-0.15, -0.1) is 0 Å². The van der Waals surface area contributed by atoms with Crippen LogP contribution in [0.3, 0.4) is 0 Å². The Morgan fingerprint density at radius 2 is 1.67 bits per heavy atom. The van der Waals surface area contributed by atoms with E-state index in [1.54, 1.807) is 30.3 Å². The molecule has 10 heteroatoms. The number of fused-ring (bicyclic) bond motifs is 2. The van der Waals surface area contributed by atoms with Crippen molar-refractivity contribution < 1.29 is 27.8 Å². The third kappa shape index (κ3) is 4.08. The van der Waals surface area contributed by atoms with Gasteiger partial charge >= 0.3 is 0 Å². The maximum Gasteiger partial charge on any atom is 0.269 e. The predicted molar refractivity (Wildman–Crippen MR) is 122 cm³/mol. The van der Waals surface area contributed by atoms with E-state index in [0.717, 1.165) is 49.1 Å². The van der Waals surface area contributed by atoms with E-state index in [0.29, 0.717) is 31.1 Å². The normalized spacial score (nSPS) is 19.6. The average molecular weight is 474 g/mol. The summed E-state index contributed by atoms with van der Waals surface area (Å²) in [6, 6.07) is 9.67. The van der Waals surface area contributed by atoms with Crippen LogP contribution in [-0.4, -0.2) is 81.1 Å². The summed E-state index contributed by atoms with van der Waals surface area (Å²) in [7, 11) is -3.73. The van der Waals surface area contributed by atoms with Crippen LogP contribution in [0.15, 0.2) is 41.3 Å². The number of rotatable bonds is 6. The van der Waals surface area contributed by atoms with Crippen LogP contribution in [0.25, 0.3) is 0 Å². The van der Waals surface area contributed by atoms with E-state index in [2.05, 4.69) is 9.80 Å². The first kappa shape index (κ1) is 21.8. The Kier molecular flexibility index (Phi) is 5.79. The summed E-state index contributed by atoms with van der Waals surface area (Å²) in [5.41, 5.74) is 1.11. The summed E-state index contributed by atoms with van der Waals surface area (Å²) < 4.78 is 37.7. The third-order valence-electron chi connectivity index (χ3n) is 6.32. The molecule has 0 aromatic heterocycles. The van der Waals surface area contributed by atoms with Crippen molar-refractivity contribution in [1.82, 2.24) is 9.21 Å². The molecule has 9 nitrogen and oxygen atoms in total. The van der Waals surface area contributed by atoms with Gasteiger partial charge in [0.05, 0.1) is 11.3 Å². The number of amides is 1. The summed E-state index contributed by atoms with van der Waals surface area (Å²) in [5, 5.41) is 10.1. The standard InChI is InChI=1S/C23H27N3O6S/c27-17-15-19(22-20(16-17)31-13-14-32-22)25-11-9-24(10-12-25)7-3-4-8-26-23(28)18-5-1-2-6-21(18)33(26,29)30/h1-2,5-6,15-16,27H,3-4,7-14H2. The van der Waals surface area contributed by atoms with Gasteiger partial charge < -0.3 is 19.5 Å². The van der Waals surface area contributed by atoms with Crippen LogP contribution in [0.2, 0.25) is 0 Å². The van der Waals surface area contributed by atoms with Crippen LogP contribution in [0.1, 0.15) is 23.2 Å². The number of unbranched alkanes of at least 4 members (excludes halogenated alkanes) is 1. The summed E-state index contributed by atoms with van der Waals surface area (Å²) in [5.74, 6) is 0.988. The predicted octanol–water partition coefficient (Wildman–Crippen LogP) is 1.91. The number of ether oxygens (including phenoxy) is 2. The quantitative estimate of drug-likeness (QED) is 0.636. The molecule has 1 N–H and O–H groups in total. The summed E-state index contributed by atoms with van der Waals surface area (Å²) >= 11 is 0. The lowest BCUT2D eigenvalue weighted by atomic mass is 10.2. The van der Waals surface area contributed by atoms with Gasteiger partial charge in [-0.2, -0.15) is 0 Å². The Morgan fingerprint density at radius 1 is 0.939 bits per heavy atom. The first-order valence-electron chi connectivity index (χ1n) is 11.2. The van der Waals surface area contributed by atoms with Crippen molar-refractivity contribution in [2.24, 2.45) is 0 Å². The maximum atomic E-state index is 12.6. The van der Waals surface area contributed by atoms with Gasteiger partial charge in [0.2, 0.25) is 0 Å². The molecular formula is C23H27N3O6S. The number of benzene rings is 2. The SMILES string of the molecule is O=C1c2ccccc2S(=O)(=O)N1CCCCN1CCN(c2cc(O)cc3c2OCCO3)CC1. The van der Waals surface area contributed by atoms with Crippen molar-refractivity contribution in [1.29, 1.82) is 0 Å². The highest BCUT2D eigenvalue weighted by Gasteiger charge is 2.40. The van der Waals surface area contributed by atoms with E-state index in [4.69, 9.17) is 9.47 Å². The molecule has 0 spiro atoms. The molecule has 3 aliphatic rings. The number of aromatic hydroxyl groups is 1. The highest BCUT2D eigenvalue weighted by Crippen LogP contribution is 2.43. The molecule has 3 aliphatic heterocycles. The summed E-state index contributed by atoms with van der Waals surface area (Å²) in [6.07, 6.45) is 1.42. The van der Waals surface area contributed by atoms with Crippen LogP contribution < -0.4 is 14.4 Å². The van der Waals surface area contributed by atoms with E-state index in [-0.39, 0.29) is 22.8 Å². The van der Waals surface area contributed by atoms with Gasteiger partial charge in [0.1, 0.15) is 23.9 Å². The fourth-order valence-electron chi connectivity index (χ4n) is 4.61. The fraction of sp³-hybridized carbons (Fsp3) is 0.435. The molecule has 3 heterocycles. The van der Waals surface area contributed by atoms with Crippen LogP contribution in [0.5, 0.6) is 17.2 Å². The molecular weight excluding hydrogens is 446 g/mol. The van der Waals surface area contributed by atoms with Crippen molar-refractivity contribution in [2.75, 3.05) is 57.4 Å². The second-order valence-corrected chi connectivity index (χ2v) is 10.2. The van der Waals surface area contributed by atoms with Crippen molar-refractivity contribution in [3.8, 4) is 17.2 Å². The smallest absolute Gasteiger partial charge is 0.269 e. The second-order valence-electron chi connectivity index (χ2n) is 8.40. The number of hydrogen-bond donors (Lipinski definition) is 1. The van der Waals surface area contributed by atoms with Gasteiger partial charge in [0.15, 0.2) is 11.5 Å². The number of carbonyl (C=O) groups excluding carboxylic acids is 1. The van der Waals surface area contributed by atoms with E-state index in [9.17, 15) is 18.3 Å². The van der Waals surface area contributed by atoms with Crippen molar-refractivity contribution in [3.05, 3.63) is 42.0 Å². The number of phenolic OH excluding ortho intramolecular Hbond substituents is 1. The minimum absolute atomic E-state index is 0.106. The van der Waals surface area contributed by atoms with Gasteiger partial charge in [-0.05, 0) is 31.5 Å².